The molecule has 0 aliphatic carbocycles. The van der Waals surface area contributed by atoms with E-state index in [-0.39, 0.29) is 11.8 Å². The van der Waals surface area contributed by atoms with Crippen molar-refractivity contribution in [1.82, 2.24) is 4.90 Å². The minimum absolute atomic E-state index is 0.0575. The van der Waals surface area contributed by atoms with Crippen LogP contribution in [0.5, 0.6) is 5.75 Å². The van der Waals surface area contributed by atoms with Crippen LogP contribution in [0.1, 0.15) is 17.4 Å². The Morgan fingerprint density at radius 2 is 2.10 bits per heavy atom. The van der Waals surface area contributed by atoms with Crippen LogP contribution in [-0.4, -0.2) is 23.4 Å². The van der Waals surface area contributed by atoms with Gasteiger partial charge < -0.3 is 9.15 Å². The van der Waals surface area contributed by atoms with Crippen molar-refractivity contribution in [3.8, 4) is 5.75 Å². The number of non-ortho nitro benzene ring substituents is 1. The molecule has 0 amide bonds. The molecule has 1 aliphatic rings. The van der Waals surface area contributed by atoms with Crippen molar-refractivity contribution in [1.29, 1.82) is 0 Å². The summed E-state index contributed by atoms with van der Waals surface area (Å²) in [5.41, 5.74) is 1.10. The molecule has 6 nitrogen and oxygen atoms in total. The first-order valence-electron chi connectivity index (χ1n) is 6.29. The highest BCUT2D eigenvalue weighted by Crippen LogP contribution is 2.31. The van der Waals surface area contributed by atoms with Crippen LogP contribution in [0, 0.1) is 10.1 Å². The predicted molar refractivity (Wildman–Crippen MR) is 71.5 cm³/mol. The third-order valence-electron chi connectivity index (χ3n) is 3.34. The second-order valence-electron chi connectivity index (χ2n) is 4.85. The van der Waals surface area contributed by atoms with Gasteiger partial charge in [-0.05, 0) is 25.2 Å². The number of nitrogens with zero attached hydrogens (tertiary/aromatic N) is 2. The highest BCUT2D eigenvalue weighted by atomic mass is 16.6. The maximum atomic E-state index is 10.6. The molecule has 1 aromatic heterocycles. The summed E-state index contributed by atoms with van der Waals surface area (Å²) >= 11 is 0. The summed E-state index contributed by atoms with van der Waals surface area (Å²) in [6.07, 6.45) is 1.54. The minimum atomic E-state index is -0.424. The van der Waals surface area contributed by atoms with Crippen LogP contribution in [-0.2, 0) is 6.54 Å². The maximum Gasteiger partial charge on any atom is 0.269 e. The fourth-order valence-corrected chi connectivity index (χ4v) is 2.37. The van der Waals surface area contributed by atoms with Crippen LogP contribution >= 0.6 is 0 Å². The number of benzene rings is 1. The van der Waals surface area contributed by atoms with Gasteiger partial charge in [-0.2, -0.15) is 0 Å². The lowest BCUT2D eigenvalue weighted by molar-refractivity contribution is -0.384. The number of rotatable bonds is 3. The zero-order valence-electron chi connectivity index (χ0n) is 11.0. The van der Waals surface area contributed by atoms with Gasteiger partial charge in [-0.15, -0.1) is 0 Å². The van der Waals surface area contributed by atoms with Crippen molar-refractivity contribution >= 4 is 5.69 Å². The molecule has 2 heterocycles. The Kier molecular flexibility index (Phi) is 3.15. The lowest BCUT2D eigenvalue weighted by Crippen LogP contribution is -2.32. The number of hydrogen-bond acceptors (Lipinski definition) is 5. The summed E-state index contributed by atoms with van der Waals surface area (Å²) in [7, 11) is 2.00. The van der Waals surface area contributed by atoms with Gasteiger partial charge in [-0.1, -0.05) is 0 Å². The molecule has 0 bridgehead atoms. The molecule has 1 atom stereocenters. The fraction of sp³-hybridized carbons (Fsp3) is 0.286. The first kappa shape index (κ1) is 12.7. The van der Waals surface area contributed by atoms with Gasteiger partial charge in [0.15, 0.2) is 0 Å². The molecule has 0 N–H and O–H groups in total. The van der Waals surface area contributed by atoms with Gasteiger partial charge in [0, 0.05) is 24.2 Å². The third kappa shape index (κ3) is 2.37. The smallest absolute Gasteiger partial charge is 0.269 e. The van der Waals surface area contributed by atoms with Crippen molar-refractivity contribution in [3.05, 3.63) is 58.0 Å². The zero-order valence-corrected chi connectivity index (χ0v) is 11.0. The van der Waals surface area contributed by atoms with Crippen LogP contribution < -0.4 is 4.74 Å². The van der Waals surface area contributed by atoms with Crippen LogP contribution in [0.2, 0.25) is 0 Å². The average Bonchev–Trinajstić information content (AvgIpc) is 2.87. The number of ether oxygens (including phenoxy) is 1. The quantitative estimate of drug-likeness (QED) is 0.636. The van der Waals surface area contributed by atoms with Crippen LogP contribution in [0.25, 0.3) is 0 Å². The normalized spacial score (nSPS) is 18.6. The van der Waals surface area contributed by atoms with E-state index in [0.717, 1.165) is 24.4 Å². The lowest BCUT2D eigenvalue weighted by atomic mass is 10.1. The molecular weight excluding hydrogens is 260 g/mol. The van der Waals surface area contributed by atoms with Crippen molar-refractivity contribution in [2.75, 3.05) is 13.6 Å². The Morgan fingerprint density at radius 3 is 2.80 bits per heavy atom. The van der Waals surface area contributed by atoms with Crippen LogP contribution in [0.15, 0.2) is 41.0 Å². The summed E-state index contributed by atoms with van der Waals surface area (Å²) in [6, 6.07) is 8.04. The van der Waals surface area contributed by atoms with E-state index < -0.39 is 4.92 Å². The fourth-order valence-electron chi connectivity index (χ4n) is 2.37. The first-order valence-corrected chi connectivity index (χ1v) is 6.29. The van der Waals surface area contributed by atoms with E-state index in [4.69, 9.17) is 9.15 Å². The highest BCUT2D eigenvalue weighted by Gasteiger charge is 2.27. The lowest BCUT2D eigenvalue weighted by Gasteiger charge is -2.29. The number of nitro benzene ring substituents is 1. The number of nitro groups is 1. The number of furan rings is 1. The van der Waals surface area contributed by atoms with Crippen molar-refractivity contribution in [2.24, 2.45) is 0 Å². The summed E-state index contributed by atoms with van der Waals surface area (Å²) in [5, 5.41) is 10.6. The standard InChI is InChI=1S/C14H14N2O4/c1-15-8-13-12(6-7-19-13)14(9-15)20-11-4-2-10(3-5-11)16(17)18/h2-7,14H,8-9H2,1H3. The second-order valence-corrected chi connectivity index (χ2v) is 4.85. The summed E-state index contributed by atoms with van der Waals surface area (Å²) in [6.45, 7) is 1.52. The molecule has 6 heteroatoms. The van der Waals surface area contributed by atoms with Gasteiger partial charge in [-0.25, -0.2) is 0 Å². The summed E-state index contributed by atoms with van der Waals surface area (Å²) < 4.78 is 11.4. The molecule has 20 heavy (non-hydrogen) atoms. The molecule has 0 saturated carbocycles. The molecule has 2 aromatic rings. The Bertz CT molecular complexity index is 620. The molecule has 0 fully saturated rings. The van der Waals surface area contributed by atoms with Gasteiger partial charge >= 0.3 is 0 Å². The van der Waals surface area contributed by atoms with E-state index in [1.54, 1.807) is 18.4 Å². The van der Waals surface area contributed by atoms with Crippen LogP contribution in [0.3, 0.4) is 0 Å². The van der Waals surface area contributed by atoms with E-state index in [1.807, 2.05) is 13.1 Å². The number of fused-ring (bicyclic) bond motifs is 1. The molecule has 0 radical (unpaired) electrons. The van der Waals surface area contributed by atoms with Crippen molar-refractivity contribution in [2.45, 2.75) is 12.6 Å². The monoisotopic (exact) mass is 274 g/mol. The highest BCUT2D eigenvalue weighted by molar-refractivity contribution is 5.36. The van der Waals surface area contributed by atoms with E-state index in [9.17, 15) is 10.1 Å². The van der Waals surface area contributed by atoms with E-state index >= 15 is 0 Å². The zero-order chi connectivity index (χ0) is 14.1. The van der Waals surface area contributed by atoms with Crippen molar-refractivity contribution in [3.63, 3.8) is 0 Å². The van der Waals surface area contributed by atoms with Gasteiger partial charge in [0.05, 0.1) is 17.7 Å². The minimum Gasteiger partial charge on any atom is -0.484 e. The Morgan fingerprint density at radius 1 is 1.35 bits per heavy atom. The SMILES string of the molecule is CN1Cc2occc2C(Oc2ccc([N+](=O)[O-])cc2)C1. The number of hydrogen-bond donors (Lipinski definition) is 0. The largest absolute Gasteiger partial charge is 0.484 e. The molecule has 1 aliphatic heterocycles. The summed E-state index contributed by atoms with van der Waals surface area (Å²) in [5.74, 6) is 1.52. The van der Waals surface area contributed by atoms with E-state index in [1.165, 1.54) is 12.1 Å². The molecule has 0 spiro atoms. The predicted octanol–water partition coefficient (Wildman–Crippen LogP) is 2.75. The van der Waals surface area contributed by atoms with Gasteiger partial charge in [0.2, 0.25) is 0 Å². The molecule has 1 unspecified atom stereocenters. The first-order chi connectivity index (χ1) is 9.63. The Hall–Kier alpha value is -2.34. The molecule has 104 valence electrons. The second kappa shape index (κ2) is 4.97. The van der Waals surface area contributed by atoms with Crippen molar-refractivity contribution < 1.29 is 14.1 Å². The van der Waals surface area contributed by atoms with Gasteiger partial charge in [0.25, 0.3) is 5.69 Å². The average molecular weight is 274 g/mol. The summed E-state index contributed by atoms with van der Waals surface area (Å²) in [4.78, 5) is 12.3. The van der Waals surface area contributed by atoms with Gasteiger partial charge in [-0.3, -0.25) is 15.0 Å². The third-order valence-corrected chi connectivity index (χ3v) is 3.34. The van der Waals surface area contributed by atoms with E-state index in [0.29, 0.717) is 5.75 Å². The number of likely N-dealkylation sites (N-methyl/N-ethyl adjacent to an activating group) is 1. The molecular formula is C14H14N2O4. The molecule has 3 rings (SSSR count). The Labute approximate surface area is 115 Å². The molecule has 1 aromatic carbocycles. The topological polar surface area (TPSA) is 68.8 Å². The molecule has 0 saturated heterocycles. The van der Waals surface area contributed by atoms with E-state index in [2.05, 4.69) is 4.90 Å². The maximum absolute atomic E-state index is 10.6. The van der Waals surface area contributed by atoms with Gasteiger partial charge in [0.1, 0.15) is 17.6 Å². The Balaban J connectivity index is 1.80. The van der Waals surface area contributed by atoms with Crippen LogP contribution in [0.4, 0.5) is 5.69 Å².